The fourth-order valence-corrected chi connectivity index (χ4v) is 3.51. The van der Waals surface area contributed by atoms with Gasteiger partial charge in [0.05, 0.1) is 0 Å². The van der Waals surface area contributed by atoms with Crippen molar-refractivity contribution in [2.45, 2.75) is 50.1 Å². The number of hydrogen-bond acceptors (Lipinski definition) is 3. The van der Waals surface area contributed by atoms with Gasteiger partial charge < -0.3 is 10.1 Å². The number of benzene rings is 1. The van der Waals surface area contributed by atoms with Crippen LogP contribution in [0.25, 0.3) is 0 Å². The lowest BCUT2D eigenvalue weighted by atomic mass is 10.1. The van der Waals surface area contributed by atoms with Crippen molar-refractivity contribution >= 4 is 11.8 Å². The van der Waals surface area contributed by atoms with E-state index in [1.54, 1.807) is 18.2 Å². The number of ether oxygens (including phenoxy) is 1. The summed E-state index contributed by atoms with van der Waals surface area (Å²) in [5.74, 6) is 0.222. The van der Waals surface area contributed by atoms with Crippen LogP contribution in [0, 0.1) is 0 Å². The zero-order valence-electron chi connectivity index (χ0n) is 11.8. The molecule has 0 spiro atoms. The summed E-state index contributed by atoms with van der Waals surface area (Å²) in [7, 11) is 0. The monoisotopic (exact) mass is 301 g/mol. The quantitative estimate of drug-likeness (QED) is 0.850. The van der Waals surface area contributed by atoms with E-state index in [1.165, 1.54) is 19.3 Å². The van der Waals surface area contributed by atoms with Crippen LogP contribution >= 0.6 is 11.8 Å². The Labute approximate surface area is 123 Å². The summed E-state index contributed by atoms with van der Waals surface area (Å²) in [4.78, 5) is 0. The average Bonchev–Trinajstić information content (AvgIpc) is 2.86. The molecule has 3 atom stereocenters. The molecule has 0 saturated heterocycles. The summed E-state index contributed by atoms with van der Waals surface area (Å²) >= 11 is 1.92. The Morgan fingerprint density at radius 3 is 2.80 bits per heavy atom. The summed E-state index contributed by atoms with van der Waals surface area (Å²) < 4.78 is 28.9. The molecule has 1 aliphatic rings. The zero-order valence-corrected chi connectivity index (χ0v) is 12.6. The van der Waals surface area contributed by atoms with Crippen LogP contribution in [0.2, 0.25) is 0 Å². The Balaban J connectivity index is 1.93. The van der Waals surface area contributed by atoms with Gasteiger partial charge in [-0.3, -0.25) is 0 Å². The number of alkyl halides is 2. The minimum atomic E-state index is -2.77. The van der Waals surface area contributed by atoms with Crippen LogP contribution in [0.15, 0.2) is 24.3 Å². The molecule has 0 amide bonds. The highest BCUT2D eigenvalue weighted by Gasteiger charge is 2.25. The van der Waals surface area contributed by atoms with E-state index in [9.17, 15) is 8.78 Å². The SMILES string of the molecule is CSC1CCC(NC(C)c2cccc(OC(F)F)c2)C1. The van der Waals surface area contributed by atoms with Gasteiger partial charge in [0.25, 0.3) is 0 Å². The van der Waals surface area contributed by atoms with E-state index in [0.717, 1.165) is 10.8 Å². The molecular weight excluding hydrogens is 280 g/mol. The molecule has 1 aromatic rings. The summed E-state index contributed by atoms with van der Waals surface area (Å²) in [6.07, 6.45) is 5.77. The Morgan fingerprint density at radius 1 is 1.35 bits per heavy atom. The molecule has 2 nitrogen and oxygen atoms in total. The minimum Gasteiger partial charge on any atom is -0.435 e. The first-order chi connectivity index (χ1) is 9.58. The minimum absolute atomic E-state index is 0.141. The second-order valence-electron chi connectivity index (χ2n) is 5.21. The van der Waals surface area contributed by atoms with Gasteiger partial charge in [0.2, 0.25) is 0 Å². The fraction of sp³-hybridized carbons (Fsp3) is 0.600. The van der Waals surface area contributed by atoms with Crippen molar-refractivity contribution in [2.75, 3.05) is 6.26 Å². The molecule has 0 heterocycles. The maximum atomic E-state index is 12.2. The van der Waals surface area contributed by atoms with Crippen molar-refractivity contribution in [3.63, 3.8) is 0 Å². The van der Waals surface area contributed by atoms with E-state index < -0.39 is 6.61 Å². The highest BCUT2D eigenvalue weighted by molar-refractivity contribution is 7.99. The fourth-order valence-electron chi connectivity index (χ4n) is 2.72. The lowest BCUT2D eigenvalue weighted by molar-refractivity contribution is -0.0499. The molecule has 3 unspecified atom stereocenters. The predicted molar refractivity (Wildman–Crippen MR) is 79.6 cm³/mol. The summed E-state index contributed by atoms with van der Waals surface area (Å²) in [6.45, 7) is -0.709. The molecule has 5 heteroatoms. The largest absolute Gasteiger partial charge is 0.435 e. The molecule has 112 valence electrons. The van der Waals surface area contributed by atoms with Crippen molar-refractivity contribution in [1.29, 1.82) is 0 Å². The molecule has 1 aliphatic carbocycles. The smallest absolute Gasteiger partial charge is 0.387 e. The molecule has 1 fully saturated rings. The molecule has 1 N–H and O–H groups in total. The van der Waals surface area contributed by atoms with Crippen molar-refractivity contribution in [1.82, 2.24) is 5.32 Å². The third-order valence-corrected chi connectivity index (χ3v) is 4.88. The topological polar surface area (TPSA) is 21.3 Å². The van der Waals surface area contributed by atoms with Crippen molar-refractivity contribution in [3.8, 4) is 5.75 Å². The summed E-state index contributed by atoms with van der Waals surface area (Å²) in [5.41, 5.74) is 0.982. The number of rotatable bonds is 6. The van der Waals surface area contributed by atoms with E-state index >= 15 is 0 Å². The third-order valence-electron chi connectivity index (χ3n) is 3.79. The van der Waals surface area contributed by atoms with Gasteiger partial charge in [0.15, 0.2) is 0 Å². The van der Waals surface area contributed by atoms with Crippen LogP contribution in [-0.4, -0.2) is 24.2 Å². The van der Waals surface area contributed by atoms with Gasteiger partial charge in [0.1, 0.15) is 5.75 Å². The second kappa shape index (κ2) is 7.27. The average molecular weight is 301 g/mol. The van der Waals surface area contributed by atoms with Gasteiger partial charge in [-0.1, -0.05) is 12.1 Å². The number of nitrogens with one attached hydrogen (secondary N) is 1. The normalized spacial score (nSPS) is 24.1. The molecular formula is C15H21F2NOS. The molecule has 0 bridgehead atoms. The van der Waals surface area contributed by atoms with Gasteiger partial charge in [-0.05, 0) is 50.1 Å². The van der Waals surface area contributed by atoms with E-state index in [-0.39, 0.29) is 11.8 Å². The van der Waals surface area contributed by atoms with Gasteiger partial charge in [-0.15, -0.1) is 0 Å². The zero-order chi connectivity index (χ0) is 14.5. The van der Waals surface area contributed by atoms with Crippen LogP contribution in [0.3, 0.4) is 0 Å². The van der Waals surface area contributed by atoms with Gasteiger partial charge >= 0.3 is 6.61 Å². The summed E-state index contributed by atoms with van der Waals surface area (Å²) in [5, 5.41) is 4.33. The van der Waals surface area contributed by atoms with Crippen molar-refractivity contribution < 1.29 is 13.5 Å². The van der Waals surface area contributed by atoms with Crippen LogP contribution in [0.5, 0.6) is 5.75 Å². The summed E-state index contributed by atoms with van der Waals surface area (Å²) in [6, 6.07) is 7.60. The first-order valence-corrected chi connectivity index (χ1v) is 8.21. The number of thioether (sulfide) groups is 1. The van der Waals surface area contributed by atoms with Crippen LogP contribution in [-0.2, 0) is 0 Å². The lowest BCUT2D eigenvalue weighted by Crippen LogP contribution is -2.29. The molecule has 1 aromatic carbocycles. The van der Waals surface area contributed by atoms with E-state index in [2.05, 4.69) is 23.2 Å². The highest BCUT2D eigenvalue weighted by atomic mass is 32.2. The molecule has 1 saturated carbocycles. The Hall–Kier alpha value is -0.810. The Kier molecular flexibility index (Phi) is 5.66. The maximum absolute atomic E-state index is 12.2. The van der Waals surface area contributed by atoms with E-state index in [1.807, 2.05) is 17.8 Å². The van der Waals surface area contributed by atoms with E-state index in [4.69, 9.17) is 0 Å². The first kappa shape index (κ1) is 15.6. The predicted octanol–water partition coefficient (Wildman–Crippen LogP) is 4.22. The van der Waals surface area contributed by atoms with Crippen LogP contribution in [0.4, 0.5) is 8.78 Å². The Bertz CT molecular complexity index is 430. The van der Waals surface area contributed by atoms with Crippen molar-refractivity contribution in [3.05, 3.63) is 29.8 Å². The van der Waals surface area contributed by atoms with Gasteiger partial charge in [-0.25, -0.2) is 0 Å². The van der Waals surface area contributed by atoms with Gasteiger partial charge in [0, 0.05) is 17.3 Å². The molecule has 2 rings (SSSR count). The van der Waals surface area contributed by atoms with E-state index in [0.29, 0.717) is 6.04 Å². The third kappa shape index (κ3) is 4.35. The second-order valence-corrected chi connectivity index (χ2v) is 6.35. The van der Waals surface area contributed by atoms with Gasteiger partial charge in [-0.2, -0.15) is 20.5 Å². The highest BCUT2D eigenvalue weighted by Crippen LogP contribution is 2.30. The van der Waals surface area contributed by atoms with Crippen molar-refractivity contribution in [2.24, 2.45) is 0 Å². The standard InChI is InChI=1S/C15H21F2NOS/c1-10(18-12-6-7-14(9-12)20-2)11-4-3-5-13(8-11)19-15(16)17/h3-5,8,10,12,14-15,18H,6-7,9H2,1-2H3. The molecule has 0 radical (unpaired) electrons. The molecule has 20 heavy (non-hydrogen) atoms. The number of halogens is 2. The number of hydrogen-bond donors (Lipinski definition) is 1. The maximum Gasteiger partial charge on any atom is 0.387 e. The Morgan fingerprint density at radius 2 is 2.15 bits per heavy atom. The molecule has 0 aromatic heterocycles. The lowest BCUT2D eigenvalue weighted by Gasteiger charge is -2.20. The first-order valence-electron chi connectivity index (χ1n) is 6.92. The van der Waals surface area contributed by atoms with Crippen LogP contribution < -0.4 is 10.1 Å². The molecule has 0 aliphatic heterocycles. The van der Waals surface area contributed by atoms with Crippen LogP contribution in [0.1, 0.15) is 37.8 Å².